The molecule has 0 aliphatic heterocycles. The molecule has 5 nitrogen and oxygen atoms in total. The van der Waals surface area contributed by atoms with Gasteiger partial charge >= 0.3 is 0 Å². The van der Waals surface area contributed by atoms with Crippen LogP contribution in [0.2, 0.25) is 10.0 Å². The normalized spacial score (nSPS) is 11.8. The lowest BCUT2D eigenvalue weighted by Gasteiger charge is -2.30. The molecular formula is C24H30Cl2N2O3. The van der Waals surface area contributed by atoms with Gasteiger partial charge in [0.1, 0.15) is 11.8 Å². The summed E-state index contributed by atoms with van der Waals surface area (Å²) in [5.41, 5.74) is 1.78. The Morgan fingerprint density at radius 1 is 1.03 bits per heavy atom. The quantitative estimate of drug-likeness (QED) is 0.478. The minimum atomic E-state index is -0.666. The maximum atomic E-state index is 13.1. The van der Waals surface area contributed by atoms with Crippen LogP contribution < -0.4 is 10.1 Å². The minimum absolute atomic E-state index is 0.0290. The molecular weight excluding hydrogens is 435 g/mol. The number of carbonyl (C=O) groups is 2. The molecule has 0 saturated carbocycles. The summed E-state index contributed by atoms with van der Waals surface area (Å²) in [4.78, 5) is 27.2. The van der Waals surface area contributed by atoms with Crippen LogP contribution in [-0.2, 0) is 16.1 Å². The van der Waals surface area contributed by atoms with E-state index in [1.54, 1.807) is 25.1 Å². The Morgan fingerprint density at radius 3 is 2.23 bits per heavy atom. The molecule has 0 aliphatic carbocycles. The lowest BCUT2D eigenvalue weighted by atomic mass is 10.1. The fourth-order valence-electron chi connectivity index (χ4n) is 3.03. The highest BCUT2D eigenvalue weighted by molar-refractivity contribution is 6.36. The van der Waals surface area contributed by atoms with Crippen LogP contribution >= 0.6 is 23.2 Å². The second-order valence-electron chi connectivity index (χ2n) is 7.83. The van der Waals surface area contributed by atoms with Crippen molar-refractivity contribution in [2.24, 2.45) is 0 Å². The Balaban J connectivity index is 2.06. The predicted octanol–water partition coefficient (Wildman–Crippen LogP) is 5.40. The number of carbonyl (C=O) groups excluding carboxylic acids is 2. The Morgan fingerprint density at radius 2 is 1.65 bits per heavy atom. The van der Waals surface area contributed by atoms with Gasteiger partial charge in [0.15, 0.2) is 0 Å². The molecule has 1 atom stereocenters. The molecule has 2 rings (SSSR count). The summed E-state index contributed by atoms with van der Waals surface area (Å²) < 4.78 is 5.72. The predicted molar refractivity (Wildman–Crippen MR) is 126 cm³/mol. The molecule has 0 aromatic heterocycles. The maximum absolute atomic E-state index is 13.1. The molecule has 7 heteroatoms. The first-order valence-electron chi connectivity index (χ1n) is 10.4. The molecule has 1 N–H and O–H groups in total. The van der Waals surface area contributed by atoms with E-state index in [1.807, 2.05) is 45.0 Å². The van der Waals surface area contributed by atoms with Gasteiger partial charge in [-0.25, -0.2) is 0 Å². The maximum Gasteiger partial charge on any atom is 0.242 e. The van der Waals surface area contributed by atoms with E-state index in [1.165, 1.54) is 4.90 Å². The fraction of sp³-hybridized carbons (Fsp3) is 0.417. The van der Waals surface area contributed by atoms with Gasteiger partial charge in [0.05, 0.1) is 6.61 Å². The number of hydrogen-bond acceptors (Lipinski definition) is 3. The lowest BCUT2D eigenvalue weighted by molar-refractivity contribution is -0.141. The van der Waals surface area contributed by atoms with Gasteiger partial charge < -0.3 is 15.0 Å². The Bertz CT molecular complexity index is 865. The molecule has 31 heavy (non-hydrogen) atoms. The van der Waals surface area contributed by atoms with E-state index in [-0.39, 0.29) is 30.8 Å². The van der Waals surface area contributed by atoms with Crippen molar-refractivity contribution in [2.45, 2.75) is 59.2 Å². The van der Waals surface area contributed by atoms with Crippen molar-refractivity contribution in [3.63, 3.8) is 0 Å². The first-order valence-corrected chi connectivity index (χ1v) is 11.2. The number of hydrogen-bond donors (Lipinski definition) is 1. The fourth-order valence-corrected chi connectivity index (χ4v) is 3.55. The van der Waals surface area contributed by atoms with Gasteiger partial charge in [-0.1, -0.05) is 47.0 Å². The second-order valence-corrected chi connectivity index (χ2v) is 8.64. The van der Waals surface area contributed by atoms with Crippen LogP contribution in [-0.4, -0.2) is 35.4 Å². The zero-order valence-electron chi connectivity index (χ0n) is 18.5. The SMILES string of the molecule is Cc1ccc(OCCCC(=O)N(Cc2c(Cl)cccc2Cl)C(C)C(=O)NC(C)C)cc1. The highest BCUT2D eigenvalue weighted by Crippen LogP contribution is 2.27. The third kappa shape index (κ3) is 7.75. The topological polar surface area (TPSA) is 58.6 Å². The summed E-state index contributed by atoms with van der Waals surface area (Å²) >= 11 is 12.6. The van der Waals surface area contributed by atoms with Crippen molar-refractivity contribution in [3.05, 3.63) is 63.6 Å². The number of nitrogens with zero attached hydrogens (tertiary/aromatic N) is 1. The summed E-state index contributed by atoms with van der Waals surface area (Å²) in [6.07, 6.45) is 0.769. The molecule has 2 amide bonds. The molecule has 0 bridgehead atoms. The van der Waals surface area contributed by atoms with Crippen molar-refractivity contribution in [1.82, 2.24) is 10.2 Å². The van der Waals surface area contributed by atoms with Crippen molar-refractivity contribution < 1.29 is 14.3 Å². The van der Waals surface area contributed by atoms with Crippen LogP contribution in [0.4, 0.5) is 0 Å². The van der Waals surface area contributed by atoms with E-state index >= 15 is 0 Å². The lowest BCUT2D eigenvalue weighted by Crippen LogP contribution is -2.49. The van der Waals surface area contributed by atoms with Crippen molar-refractivity contribution in [1.29, 1.82) is 0 Å². The van der Waals surface area contributed by atoms with E-state index in [9.17, 15) is 9.59 Å². The molecule has 0 fully saturated rings. The van der Waals surface area contributed by atoms with Crippen LogP contribution in [0.3, 0.4) is 0 Å². The van der Waals surface area contributed by atoms with Crippen LogP contribution in [0.1, 0.15) is 44.7 Å². The van der Waals surface area contributed by atoms with Crippen LogP contribution in [0.15, 0.2) is 42.5 Å². The molecule has 0 heterocycles. The van der Waals surface area contributed by atoms with E-state index in [2.05, 4.69) is 5.32 Å². The molecule has 0 spiro atoms. The van der Waals surface area contributed by atoms with Gasteiger partial charge in [-0.15, -0.1) is 0 Å². The molecule has 1 unspecified atom stereocenters. The number of ether oxygens (including phenoxy) is 1. The first kappa shape index (κ1) is 25.0. The first-order chi connectivity index (χ1) is 14.7. The molecule has 168 valence electrons. The monoisotopic (exact) mass is 464 g/mol. The summed E-state index contributed by atoms with van der Waals surface area (Å²) in [5.74, 6) is 0.389. The van der Waals surface area contributed by atoms with Crippen LogP contribution in [0.5, 0.6) is 5.75 Å². The van der Waals surface area contributed by atoms with Gasteiger partial charge in [-0.2, -0.15) is 0 Å². The van der Waals surface area contributed by atoms with Gasteiger partial charge in [-0.05, 0) is 58.4 Å². The standard InChI is InChI=1S/C24H30Cl2N2O3/c1-16(2)27-24(30)18(4)28(15-20-21(25)7-5-8-22(20)26)23(29)9-6-14-31-19-12-10-17(3)11-13-19/h5,7-8,10-13,16,18H,6,9,14-15H2,1-4H3,(H,27,30). The highest BCUT2D eigenvalue weighted by atomic mass is 35.5. The molecule has 0 aliphatic rings. The van der Waals surface area contributed by atoms with E-state index in [0.29, 0.717) is 28.6 Å². The number of halogens is 2. The van der Waals surface area contributed by atoms with Gasteiger partial charge in [-0.3, -0.25) is 9.59 Å². The molecule has 2 aromatic carbocycles. The highest BCUT2D eigenvalue weighted by Gasteiger charge is 2.27. The van der Waals surface area contributed by atoms with Crippen LogP contribution in [0.25, 0.3) is 0 Å². The summed E-state index contributed by atoms with van der Waals surface area (Å²) in [6.45, 7) is 8.04. The number of rotatable bonds is 10. The number of nitrogens with one attached hydrogen (secondary N) is 1. The van der Waals surface area contributed by atoms with E-state index in [4.69, 9.17) is 27.9 Å². The third-order valence-corrected chi connectivity index (χ3v) is 5.52. The zero-order chi connectivity index (χ0) is 23.0. The Kier molecular flexibility index (Phi) is 9.66. The second kappa shape index (κ2) is 12.0. The average molecular weight is 465 g/mol. The van der Waals surface area contributed by atoms with Crippen molar-refractivity contribution >= 4 is 35.0 Å². The third-order valence-electron chi connectivity index (χ3n) is 4.81. The van der Waals surface area contributed by atoms with Crippen LogP contribution in [0, 0.1) is 6.92 Å². The van der Waals surface area contributed by atoms with E-state index < -0.39 is 6.04 Å². The summed E-state index contributed by atoms with van der Waals surface area (Å²) in [7, 11) is 0. The largest absolute Gasteiger partial charge is 0.494 e. The van der Waals surface area contributed by atoms with E-state index in [0.717, 1.165) is 11.3 Å². The Labute approximate surface area is 194 Å². The Hall–Kier alpha value is -2.24. The van der Waals surface area contributed by atoms with Crippen molar-refractivity contribution in [3.8, 4) is 5.75 Å². The van der Waals surface area contributed by atoms with Crippen molar-refractivity contribution in [2.75, 3.05) is 6.61 Å². The van der Waals surface area contributed by atoms with Gasteiger partial charge in [0.2, 0.25) is 11.8 Å². The van der Waals surface area contributed by atoms with Gasteiger partial charge in [0, 0.05) is 34.6 Å². The zero-order valence-corrected chi connectivity index (χ0v) is 20.0. The summed E-state index contributed by atoms with van der Waals surface area (Å²) in [6, 6.07) is 12.3. The molecule has 0 saturated heterocycles. The minimum Gasteiger partial charge on any atom is -0.494 e. The molecule has 2 aromatic rings. The number of amides is 2. The number of aryl methyl sites for hydroxylation is 1. The average Bonchev–Trinajstić information content (AvgIpc) is 2.71. The smallest absolute Gasteiger partial charge is 0.242 e. The van der Waals surface area contributed by atoms with Gasteiger partial charge in [0.25, 0.3) is 0 Å². The molecule has 0 radical (unpaired) electrons. The summed E-state index contributed by atoms with van der Waals surface area (Å²) in [5, 5.41) is 3.79. The number of benzene rings is 2.